The van der Waals surface area contributed by atoms with Crippen molar-refractivity contribution in [3.63, 3.8) is 0 Å². The van der Waals surface area contributed by atoms with Crippen LogP contribution in [-0.2, 0) is 0 Å². The van der Waals surface area contributed by atoms with E-state index < -0.39 is 0 Å². The molecule has 0 amide bonds. The number of imidazole rings is 1. The number of nitrogen functional groups attached to an aromatic ring is 1. The number of nitrogens with two attached hydrogens (primary N) is 1. The second kappa shape index (κ2) is 4.96. The van der Waals surface area contributed by atoms with Crippen LogP contribution >= 0.6 is 11.8 Å². The fraction of sp³-hybridized carbons (Fsp3) is 0.500. The molecular formula is C12H18N4S. The third kappa shape index (κ3) is 2.24. The van der Waals surface area contributed by atoms with E-state index in [0.717, 1.165) is 29.0 Å². The van der Waals surface area contributed by atoms with Gasteiger partial charge in [0.25, 0.3) is 0 Å². The molecule has 0 aliphatic rings. The highest BCUT2D eigenvalue weighted by atomic mass is 32.2. The highest BCUT2D eigenvalue weighted by Crippen LogP contribution is 2.25. The number of thioether (sulfide) groups is 1. The molecule has 0 aliphatic carbocycles. The number of fused-ring (bicyclic) bond motifs is 1. The van der Waals surface area contributed by atoms with E-state index in [1.807, 2.05) is 30.8 Å². The lowest BCUT2D eigenvalue weighted by Gasteiger charge is -2.17. The summed E-state index contributed by atoms with van der Waals surface area (Å²) >= 11 is 1.82. The van der Waals surface area contributed by atoms with E-state index in [9.17, 15) is 0 Å². The van der Waals surface area contributed by atoms with E-state index in [4.69, 9.17) is 5.73 Å². The van der Waals surface area contributed by atoms with Crippen LogP contribution in [0.25, 0.3) is 11.2 Å². The number of anilines is 1. The summed E-state index contributed by atoms with van der Waals surface area (Å²) in [7, 11) is 0. The Bertz CT molecular complexity index is 520. The maximum Gasteiger partial charge on any atom is 0.202 e. The van der Waals surface area contributed by atoms with Gasteiger partial charge in [0.2, 0.25) is 5.95 Å². The van der Waals surface area contributed by atoms with Crippen LogP contribution in [0.2, 0.25) is 0 Å². The highest BCUT2D eigenvalue weighted by Gasteiger charge is 2.16. The van der Waals surface area contributed by atoms with Crippen LogP contribution < -0.4 is 5.73 Å². The van der Waals surface area contributed by atoms with Crippen LogP contribution in [0.3, 0.4) is 0 Å². The number of nitrogens with zero attached hydrogens (tertiary/aromatic N) is 3. The maximum atomic E-state index is 6.01. The minimum Gasteiger partial charge on any atom is -0.369 e. The Morgan fingerprint density at radius 1 is 1.41 bits per heavy atom. The number of hydrogen-bond donors (Lipinski definition) is 1. The van der Waals surface area contributed by atoms with Gasteiger partial charge < -0.3 is 5.73 Å². The van der Waals surface area contributed by atoms with Gasteiger partial charge in [-0.15, -0.1) is 0 Å². The van der Waals surface area contributed by atoms with Crippen molar-refractivity contribution < 1.29 is 0 Å². The summed E-state index contributed by atoms with van der Waals surface area (Å²) in [4.78, 5) is 8.93. The summed E-state index contributed by atoms with van der Waals surface area (Å²) in [6, 6.07) is 4.31. The molecule has 1 atom stereocenters. The van der Waals surface area contributed by atoms with Gasteiger partial charge in [0.1, 0.15) is 5.52 Å². The summed E-state index contributed by atoms with van der Waals surface area (Å²) in [5, 5.41) is 0. The average molecular weight is 250 g/mol. The quantitative estimate of drug-likeness (QED) is 0.906. The zero-order valence-electron chi connectivity index (χ0n) is 10.5. The first-order valence-electron chi connectivity index (χ1n) is 5.77. The van der Waals surface area contributed by atoms with Crippen LogP contribution in [0.4, 0.5) is 5.95 Å². The standard InChI is InChI=1S/C12H18N4S/c1-4-9(7-17-3)16-11-10(15-12(16)13)6-5-8(2)14-11/h5-6,9H,4,7H2,1-3H3,(H2,13,15). The molecule has 0 radical (unpaired) electrons. The molecule has 0 fully saturated rings. The van der Waals surface area contributed by atoms with Crippen LogP contribution in [0.15, 0.2) is 12.1 Å². The summed E-state index contributed by atoms with van der Waals surface area (Å²) < 4.78 is 2.07. The number of rotatable bonds is 4. The fourth-order valence-corrected chi connectivity index (χ4v) is 2.78. The molecule has 2 heterocycles. The third-order valence-corrected chi connectivity index (χ3v) is 3.62. The largest absolute Gasteiger partial charge is 0.369 e. The first-order valence-corrected chi connectivity index (χ1v) is 7.16. The summed E-state index contributed by atoms with van der Waals surface area (Å²) in [6.45, 7) is 4.16. The van der Waals surface area contributed by atoms with E-state index in [-0.39, 0.29) is 0 Å². The normalized spacial score (nSPS) is 13.1. The van der Waals surface area contributed by atoms with Crippen LogP contribution in [-0.4, -0.2) is 26.5 Å². The van der Waals surface area contributed by atoms with Crippen molar-refractivity contribution in [2.45, 2.75) is 26.3 Å². The Kier molecular flexibility index (Phi) is 3.57. The minimum absolute atomic E-state index is 0.365. The van der Waals surface area contributed by atoms with Gasteiger partial charge in [-0.05, 0) is 31.7 Å². The van der Waals surface area contributed by atoms with Crippen molar-refractivity contribution >= 4 is 28.9 Å². The molecular weight excluding hydrogens is 232 g/mol. The van der Waals surface area contributed by atoms with Crippen molar-refractivity contribution in [3.05, 3.63) is 17.8 Å². The molecule has 0 saturated carbocycles. The Hall–Kier alpha value is -1.23. The van der Waals surface area contributed by atoms with Crippen LogP contribution in [0, 0.1) is 6.92 Å². The predicted octanol–water partition coefficient (Wildman–Crippen LogP) is 2.64. The average Bonchev–Trinajstić information content (AvgIpc) is 2.62. The van der Waals surface area contributed by atoms with Gasteiger partial charge in [0.15, 0.2) is 5.65 Å². The second-order valence-electron chi connectivity index (χ2n) is 4.15. The van der Waals surface area contributed by atoms with Crippen LogP contribution in [0.1, 0.15) is 25.1 Å². The van der Waals surface area contributed by atoms with Gasteiger partial charge in [0.05, 0.1) is 0 Å². The van der Waals surface area contributed by atoms with Gasteiger partial charge in [-0.1, -0.05) is 6.92 Å². The second-order valence-corrected chi connectivity index (χ2v) is 5.06. The first-order chi connectivity index (χ1) is 8.17. The molecule has 2 aromatic heterocycles. The lowest BCUT2D eigenvalue weighted by Crippen LogP contribution is -2.14. The Morgan fingerprint density at radius 2 is 2.18 bits per heavy atom. The number of pyridine rings is 1. The van der Waals surface area contributed by atoms with Gasteiger partial charge in [-0.25, -0.2) is 9.97 Å². The van der Waals surface area contributed by atoms with E-state index in [1.165, 1.54) is 0 Å². The molecule has 0 aromatic carbocycles. The molecule has 0 saturated heterocycles. The van der Waals surface area contributed by atoms with Gasteiger partial charge in [-0.2, -0.15) is 11.8 Å². The maximum absolute atomic E-state index is 6.01. The Labute approximate surface area is 106 Å². The van der Waals surface area contributed by atoms with Gasteiger partial charge >= 0.3 is 0 Å². The van der Waals surface area contributed by atoms with E-state index >= 15 is 0 Å². The minimum atomic E-state index is 0.365. The van der Waals surface area contributed by atoms with Crippen molar-refractivity contribution in [1.29, 1.82) is 0 Å². The zero-order valence-corrected chi connectivity index (χ0v) is 11.3. The molecule has 0 aliphatic heterocycles. The van der Waals surface area contributed by atoms with Crippen molar-refractivity contribution in [3.8, 4) is 0 Å². The van der Waals surface area contributed by atoms with Crippen LogP contribution in [0.5, 0.6) is 0 Å². The van der Waals surface area contributed by atoms with Crippen molar-refractivity contribution in [2.75, 3.05) is 17.7 Å². The predicted molar refractivity (Wildman–Crippen MR) is 74.4 cm³/mol. The molecule has 0 bridgehead atoms. The molecule has 2 aromatic rings. The Balaban J connectivity index is 2.57. The molecule has 2 rings (SSSR count). The molecule has 92 valence electrons. The van der Waals surface area contributed by atoms with Gasteiger partial charge in [-0.3, -0.25) is 4.57 Å². The number of hydrogen-bond acceptors (Lipinski definition) is 4. The molecule has 1 unspecified atom stereocenters. The number of aryl methyl sites for hydroxylation is 1. The fourth-order valence-electron chi connectivity index (χ4n) is 2.01. The molecule has 5 heteroatoms. The topological polar surface area (TPSA) is 56.7 Å². The van der Waals surface area contributed by atoms with E-state index in [0.29, 0.717) is 12.0 Å². The molecule has 0 spiro atoms. The molecule has 2 N–H and O–H groups in total. The monoisotopic (exact) mass is 250 g/mol. The van der Waals surface area contributed by atoms with E-state index in [2.05, 4.69) is 27.7 Å². The molecule has 17 heavy (non-hydrogen) atoms. The van der Waals surface area contributed by atoms with E-state index in [1.54, 1.807) is 0 Å². The Morgan fingerprint density at radius 3 is 2.82 bits per heavy atom. The van der Waals surface area contributed by atoms with Crippen molar-refractivity contribution in [2.24, 2.45) is 0 Å². The van der Waals surface area contributed by atoms with Gasteiger partial charge in [0, 0.05) is 17.5 Å². The lowest BCUT2D eigenvalue weighted by atomic mass is 10.2. The third-order valence-electron chi connectivity index (χ3n) is 2.90. The smallest absolute Gasteiger partial charge is 0.202 e. The zero-order chi connectivity index (χ0) is 12.4. The lowest BCUT2D eigenvalue weighted by molar-refractivity contribution is 0.557. The summed E-state index contributed by atoms with van der Waals surface area (Å²) in [5.74, 6) is 1.60. The SMILES string of the molecule is CCC(CSC)n1c(N)nc2ccc(C)nc21. The number of aromatic nitrogens is 3. The first kappa shape index (κ1) is 12.2. The summed E-state index contributed by atoms with van der Waals surface area (Å²) in [5.41, 5.74) is 8.80. The van der Waals surface area contributed by atoms with Crippen molar-refractivity contribution in [1.82, 2.24) is 14.5 Å². The highest BCUT2D eigenvalue weighted by molar-refractivity contribution is 7.98. The summed E-state index contributed by atoms with van der Waals surface area (Å²) in [6.07, 6.45) is 3.14. The molecule has 4 nitrogen and oxygen atoms in total.